The lowest BCUT2D eigenvalue weighted by molar-refractivity contribution is 0.250. The summed E-state index contributed by atoms with van der Waals surface area (Å²) in [5, 5.41) is 7.82. The number of pyridine rings is 1. The van der Waals surface area contributed by atoms with Crippen molar-refractivity contribution in [2.24, 2.45) is 0 Å². The molecule has 8 nitrogen and oxygen atoms in total. The molecule has 0 saturated carbocycles. The van der Waals surface area contributed by atoms with E-state index in [1.807, 2.05) is 6.92 Å². The summed E-state index contributed by atoms with van der Waals surface area (Å²) in [6.45, 7) is 1.89. The molecule has 0 fully saturated rings. The highest BCUT2D eigenvalue weighted by Gasteiger charge is 2.36. The van der Waals surface area contributed by atoms with E-state index >= 15 is 0 Å². The van der Waals surface area contributed by atoms with Crippen LogP contribution in [0.3, 0.4) is 0 Å². The van der Waals surface area contributed by atoms with E-state index in [0.717, 1.165) is 22.0 Å². The molecule has 0 saturated heterocycles. The van der Waals surface area contributed by atoms with Gasteiger partial charge in [0.1, 0.15) is 5.69 Å². The van der Waals surface area contributed by atoms with Gasteiger partial charge < -0.3 is 9.47 Å². The molecule has 2 aromatic heterocycles. The van der Waals surface area contributed by atoms with Gasteiger partial charge >= 0.3 is 6.03 Å². The number of carbonyl (C=O) groups excluding carboxylic acids is 1. The molecule has 3 heterocycles. The maximum atomic E-state index is 15.0. The van der Waals surface area contributed by atoms with Crippen LogP contribution in [0.25, 0.3) is 11.0 Å². The number of hydrogen-bond donors (Lipinski definition) is 1. The molecule has 0 unspecified atom stereocenters. The molecule has 4 rings (SSSR count). The molecular weight excluding hydrogens is 384 g/mol. The maximum absolute atomic E-state index is 15.0. The molecule has 29 heavy (non-hydrogen) atoms. The smallest absolute Gasteiger partial charge is 0.329 e. The van der Waals surface area contributed by atoms with Crippen LogP contribution in [0.2, 0.25) is 0 Å². The number of nitrogens with zero attached hydrogens (tertiary/aromatic N) is 4. The van der Waals surface area contributed by atoms with E-state index in [1.165, 1.54) is 19.1 Å². The third kappa shape index (κ3) is 2.66. The molecule has 1 aliphatic rings. The summed E-state index contributed by atoms with van der Waals surface area (Å²) < 4.78 is 39.9. The summed E-state index contributed by atoms with van der Waals surface area (Å²) in [6, 6.07) is 0.506. The van der Waals surface area contributed by atoms with Crippen LogP contribution in [0.15, 0.2) is 12.3 Å². The summed E-state index contributed by atoms with van der Waals surface area (Å²) in [4.78, 5) is 19.8. The van der Waals surface area contributed by atoms with Crippen LogP contribution in [0.1, 0.15) is 18.2 Å². The zero-order valence-electron chi connectivity index (χ0n) is 16.3. The molecule has 2 amide bonds. The number of benzene rings is 1. The molecule has 1 N–H and O–H groups in total. The molecule has 3 aromatic rings. The number of H-pyrrole nitrogens is 1. The number of fused-ring (bicyclic) bond motifs is 3. The van der Waals surface area contributed by atoms with E-state index < -0.39 is 23.4 Å². The number of nitrogens with one attached hydrogen (secondary N) is 1. The zero-order valence-corrected chi connectivity index (χ0v) is 16.3. The van der Waals surface area contributed by atoms with Gasteiger partial charge in [0.25, 0.3) is 0 Å². The summed E-state index contributed by atoms with van der Waals surface area (Å²) in [5.74, 6) is -2.42. The molecule has 0 atom stereocenters. The minimum absolute atomic E-state index is 0.0695. The Bertz CT molecular complexity index is 1100. The molecule has 0 spiro atoms. The number of anilines is 2. The SMILES string of the molecule is CCc1[nH]nc2ncc3c(c12)N(C)C(=O)N(c1c(F)c(OC)cc(OC)c1F)C3. The monoisotopic (exact) mass is 403 g/mol. The topological polar surface area (TPSA) is 83.6 Å². The third-order valence-corrected chi connectivity index (χ3v) is 5.06. The lowest BCUT2D eigenvalue weighted by Crippen LogP contribution is -2.46. The van der Waals surface area contributed by atoms with Gasteiger partial charge in [-0.25, -0.2) is 18.6 Å². The van der Waals surface area contributed by atoms with Gasteiger partial charge in [-0.05, 0) is 6.42 Å². The van der Waals surface area contributed by atoms with Crippen molar-refractivity contribution in [1.82, 2.24) is 15.2 Å². The number of amides is 2. The Morgan fingerprint density at radius 3 is 2.41 bits per heavy atom. The van der Waals surface area contributed by atoms with E-state index in [0.29, 0.717) is 23.3 Å². The molecule has 0 aliphatic carbocycles. The average Bonchev–Trinajstić information content (AvgIpc) is 3.14. The Labute approximate surface area is 165 Å². The van der Waals surface area contributed by atoms with Crippen molar-refractivity contribution in [2.75, 3.05) is 31.1 Å². The number of aryl methyl sites for hydroxylation is 1. The van der Waals surface area contributed by atoms with Crippen molar-refractivity contribution in [2.45, 2.75) is 19.9 Å². The van der Waals surface area contributed by atoms with Gasteiger partial charge in [0, 0.05) is 30.6 Å². The fourth-order valence-corrected chi connectivity index (χ4v) is 3.62. The molecular formula is C19H19F2N5O3. The lowest BCUT2D eigenvalue weighted by atomic mass is 10.1. The summed E-state index contributed by atoms with van der Waals surface area (Å²) in [5.41, 5.74) is 2.03. The van der Waals surface area contributed by atoms with Crippen molar-refractivity contribution >= 4 is 28.4 Å². The first-order chi connectivity index (χ1) is 13.9. The summed E-state index contributed by atoms with van der Waals surface area (Å²) >= 11 is 0. The number of urea groups is 1. The number of aromatic nitrogens is 3. The number of rotatable bonds is 4. The van der Waals surface area contributed by atoms with Crippen LogP contribution in [0, 0.1) is 11.6 Å². The van der Waals surface area contributed by atoms with Crippen molar-refractivity contribution in [3.63, 3.8) is 0 Å². The first-order valence-corrected chi connectivity index (χ1v) is 8.92. The minimum atomic E-state index is -0.984. The number of ether oxygens (including phenoxy) is 2. The molecule has 1 aromatic carbocycles. The Morgan fingerprint density at radius 2 is 1.83 bits per heavy atom. The Hall–Kier alpha value is -3.43. The first-order valence-electron chi connectivity index (χ1n) is 8.92. The van der Waals surface area contributed by atoms with Gasteiger partial charge in [-0.1, -0.05) is 6.92 Å². The minimum Gasteiger partial charge on any atom is -0.493 e. The predicted octanol–water partition coefficient (Wildman–Crippen LogP) is 3.39. The number of carbonyl (C=O) groups is 1. The van der Waals surface area contributed by atoms with Crippen LogP contribution in [-0.4, -0.2) is 42.5 Å². The Morgan fingerprint density at radius 1 is 1.17 bits per heavy atom. The van der Waals surface area contributed by atoms with Gasteiger partial charge in [0.2, 0.25) is 0 Å². The van der Waals surface area contributed by atoms with Gasteiger partial charge in [0.05, 0.1) is 31.8 Å². The van der Waals surface area contributed by atoms with Crippen LogP contribution >= 0.6 is 0 Å². The fraction of sp³-hybridized carbons (Fsp3) is 0.316. The van der Waals surface area contributed by atoms with Crippen LogP contribution in [0.4, 0.5) is 25.0 Å². The molecule has 10 heteroatoms. The van der Waals surface area contributed by atoms with Crippen LogP contribution in [-0.2, 0) is 13.0 Å². The lowest BCUT2D eigenvalue weighted by Gasteiger charge is -2.35. The quantitative estimate of drug-likeness (QED) is 0.722. The van der Waals surface area contributed by atoms with Gasteiger partial charge in [-0.2, -0.15) is 5.10 Å². The average molecular weight is 403 g/mol. The third-order valence-electron chi connectivity index (χ3n) is 5.06. The van der Waals surface area contributed by atoms with Crippen molar-refractivity contribution in [3.8, 4) is 11.5 Å². The normalized spacial score (nSPS) is 13.8. The van der Waals surface area contributed by atoms with Crippen LogP contribution in [0.5, 0.6) is 11.5 Å². The number of hydrogen-bond acceptors (Lipinski definition) is 5. The van der Waals surface area contributed by atoms with Crippen molar-refractivity contribution in [1.29, 1.82) is 0 Å². The Kier molecular flexibility index (Phi) is 4.48. The maximum Gasteiger partial charge on any atom is 0.329 e. The number of halogens is 2. The van der Waals surface area contributed by atoms with Gasteiger partial charge in [-0.3, -0.25) is 14.9 Å². The van der Waals surface area contributed by atoms with Crippen molar-refractivity contribution < 1.29 is 23.0 Å². The van der Waals surface area contributed by atoms with Gasteiger partial charge in [-0.15, -0.1) is 0 Å². The van der Waals surface area contributed by atoms with E-state index in [-0.39, 0.29) is 18.0 Å². The van der Waals surface area contributed by atoms with Gasteiger partial charge in [0.15, 0.2) is 28.8 Å². The molecule has 0 radical (unpaired) electrons. The Balaban J connectivity index is 1.92. The molecule has 0 bridgehead atoms. The standard InChI is InChI=1S/C19H19F2N5O3/c1-5-10-13-16-9(7-22-18(13)24-23-10)8-26(19(27)25(16)2)17-14(20)11(28-3)6-12(29-4)15(17)21/h6-7H,5,8H2,1-4H3,(H,22,23,24). The summed E-state index contributed by atoms with van der Waals surface area (Å²) in [6.07, 6.45) is 2.22. The highest BCUT2D eigenvalue weighted by atomic mass is 19.1. The fourth-order valence-electron chi connectivity index (χ4n) is 3.62. The van der Waals surface area contributed by atoms with Crippen LogP contribution < -0.4 is 19.3 Å². The number of methoxy groups -OCH3 is 2. The van der Waals surface area contributed by atoms with Crippen molar-refractivity contribution in [3.05, 3.63) is 35.2 Å². The summed E-state index contributed by atoms with van der Waals surface area (Å²) in [7, 11) is 4.06. The first kappa shape index (κ1) is 18.9. The van der Waals surface area contributed by atoms with E-state index in [1.54, 1.807) is 13.2 Å². The van der Waals surface area contributed by atoms with E-state index in [4.69, 9.17) is 9.47 Å². The molecule has 1 aliphatic heterocycles. The molecule has 152 valence electrons. The second kappa shape index (κ2) is 6.87. The van der Waals surface area contributed by atoms with E-state index in [2.05, 4.69) is 15.2 Å². The second-order valence-corrected chi connectivity index (χ2v) is 6.57. The largest absolute Gasteiger partial charge is 0.493 e. The highest BCUT2D eigenvalue weighted by molar-refractivity contribution is 6.11. The van der Waals surface area contributed by atoms with E-state index in [9.17, 15) is 13.6 Å². The zero-order chi connectivity index (χ0) is 20.9. The predicted molar refractivity (Wildman–Crippen MR) is 103 cm³/mol. The second-order valence-electron chi connectivity index (χ2n) is 6.57. The highest BCUT2D eigenvalue weighted by Crippen LogP contribution is 2.42. The number of aromatic amines is 1.